The highest BCUT2D eigenvalue weighted by Crippen LogP contribution is 2.26. The molecule has 0 spiro atoms. The van der Waals surface area contributed by atoms with Crippen LogP contribution in [0.4, 0.5) is 0 Å². The molecule has 0 aliphatic rings. The molecule has 2 aromatic rings. The van der Waals surface area contributed by atoms with Crippen LogP contribution in [-0.2, 0) is 9.53 Å². The maximum absolute atomic E-state index is 11.8. The van der Waals surface area contributed by atoms with Gasteiger partial charge in [-0.2, -0.15) is 0 Å². The van der Waals surface area contributed by atoms with Crippen molar-refractivity contribution in [2.75, 3.05) is 6.61 Å². The Morgan fingerprint density at radius 3 is 2.58 bits per heavy atom. The van der Waals surface area contributed by atoms with Gasteiger partial charge in [0.2, 0.25) is 0 Å². The lowest BCUT2D eigenvalue weighted by molar-refractivity contribution is -0.151. The van der Waals surface area contributed by atoms with E-state index in [9.17, 15) is 4.79 Å². The highest BCUT2D eigenvalue weighted by Gasteiger charge is 2.20. The topological polar surface area (TPSA) is 35.5 Å². The Labute approximate surface area is 113 Å². The Hall–Kier alpha value is -2.03. The lowest BCUT2D eigenvalue weighted by atomic mass is 10.1. The van der Waals surface area contributed by atoms with Gasteiger partial charge in [0.25, 0.3) is 0 Å². The van der Waals surface area contributed by atoms with Crippen LogP contribution in [-0.4, -0.2) is 18.7 Å². The Balaban J connectivity index is 2.27. The second-order valence-electron chi connectivity index (χ2n) is 4.24. The number of carbonyl (C=O) groups is 1. The van der Waals surface area contributed by atoms with E-state index in [1.54, 1.807) is 6.92 Å². The van der Waals surface area contributed by atoms with Crippen molar-refractivity contribution in [1.29, 1.82) is 0 Å². The van der Waals surface area contributed by atoms with E-state index >= 15 is 0 Å². The standard InChI is InChI=1S/C16H18O3/c1-3-14(16(17)18-4-2)19-15-11-7-9-12-8-5-6-10-13(12)15/h5-11,14H,3-4H2,1-2H3. The van der Waals surface area contributed by atoms with Crippen LogP contribution >= 0.6 is 0 Å². The summed E-state index contributed by atoms with van der Waals surface area (Å²) in [5.74, 6) is 0.413. The maximum atomic E-state index is 11.8. The molecule has 100 valence electrons. The number of hydrogen-bond donors (Lipinski definition) is 0. The average Bonchev–Trinajstić information content (AvgIpc) is 2.45. The molecule has 2 aromatic carbocycles. The largest absolute Gasteiger partial charge is 0.478 e. The van der Waals surface area contributed by atoms with Crippen molar-refractivity contribution in [1.82, 2.24) is 0 Å². The van der Waals surface area contributed by atoms with Gasteiger partial charge in [0.15, 0.2) is 6.10 Å². The van der Waals surface area contributed by atoms with E-state index in [0.29, 0.717) is 13.0 Å². The number of carbonyl (C=O) groups excluding carboxylic acids is 1. The minimum atomic E-state index is -0.550. The predicted molar refractivity (Wildman–Crippen MR) is 75.3 cm³/mol. The second-order valence-corrected chi connectivity index (χ2v) is 4.24. The van der Waals surface area contributed by atoms with E-state index in [0.717, 1.165) is 16.5 Å². The molecule has 0 saturated heterocycles. The zero-order chi connectivity index (χ0) is 13.7. The van der Waals surface area contributed by atoms with Crippen LogP contribution in [0.25, 0.3) is 10.8 Å². The van der Waals surface area contributed by atoms with Crippen LogP contribution in [0.2, 0.25) is 0 Å². The first-order valence-corrected chi connectivity index (χ1v) is 6.57. The van der Waals surface area contributed by atoms with Crippen molar-refractivity contribution in [3.05, 3.63) is 42.5 Å². The van der Waals surface area contributed by atoms with Crippen LogP contribution in [0, 0.1) is 0 Å². The summed E-state index contributed by atoms with van der Waals surface area (Å²) in [5, 5.41) is 2.10. The zero-order valence-electron chi connectivity index (χ0n) is 11.3. The molecule has 0 saturated carbocycles. The van der Waals surface area contributed by atoms with Crippen molar-refractivity contribution in [3.63, 3.8) is 0 Å². The fourth-order valence-corrected chi connectivity index (χ4v) is 1.99. The molecule has 0 fully saturated rings. The third-order valence-electron chi connectivity index (χ3n) is 2.94. The summed E-state index contributed by atoms with van der Waals surface area (Å²) < 4.78 is 10.8. The van der Waals surface area contributed by atoms with E-state index < -0.39 is 6.10 Å². The second kappa shape index (κ2) is 6.23. The molecule has 1 atom stereocenters. The van der Waals surface area contributed by atoms with Crippen molar-refractivity contribution >= 4 is 16.7 Å². The van der Waals surface area contributed by atoms with Gasteiger partial charge in [-0.05, 0) is 24.8 Å². The summed E-state index contributed by atoms with van der Waals surface area (Å²) in [6, 6.07) is 13.8. The number of benzene rings is 2. The average molecular weight is 258 g/mol. The minimum Gasteiger partial charge on any atom is -0.478 e. The smallest absolute Gasteiger partial charge is 0.347 e. The van der Waals surface area contributed by atoms with E-state index in [1.165, 1.54) is 0 Å². The van der Waals surface area contributed by atoms with Gasteiger partial charge in [0, 0.05) is 5.39 Å². The summed E-state index contributed by atoms with van der Waals surface area (Å²) in [6.45, 7) is 4.07. The molecule has 0 amide bonds. The Morgan fingerprint density at radius 1 is 1.11 bits per heavy atom. The summed E-state index contributed by atoms with van der Waals surface area (Å²) in [5.41, 5.74) is 0. The first-order chi connectivity index (χ1) is 9.26. The molecular formula is C16H18O3. The number of esters is 1. The molecule has 3 nitrogen and oxygen atoms in total. The van der Waals surface area contributed by atoms with Crippen molar-refractivity contribution in [2.45, 2.75) is 26.4 Å². The van der Waals surface area contributed by atoms with Crippen molar-refractivity contribution < 1.29 is 14.3 Å². The molecule has 0 heterocycles. The molecule has 0 radical (unpaired) electrons. The number of rotatable bonds is 5. The first-order valence-electron chi connectivity index (χ1n) is 6.57. The first kappa shape index (κ1) is 13.4. The summed E-state index contributed by atoms with van der Waals surface area (Å²) in [4.78, 5) is 11.8. The molecule has 3 heteroatoms. The van der Waals surface area contributed by atoms with Gasteiger partial charge in [0.1, 0.15) is 5.75 Å². The van der Waals surface area contributed by atoms with Crippen LogP contribution in [0.15, 0.2) is 42.5 Å². The van der Waals surface area contributed by atoms with E-state index in [4.69, 9.17) is 9.47 Å². The number of fused-ring (bicyclic) bond motifs is 1. The van der Waals surface area contributed by atoms with Crippen LogP contribution < -0.4 is 4.74 Å². The Morgan fingerprint density at radius 2 is 1.84 bits per heavy atom. The molecule has 0 bridgehead atoms. The summed E-state index contributed by atoms with van der Waals surface area (Å²) in [6.07, 6.45) is 0.0351. The van der Waals surface area contributed by atoms with Gasteiger partial charge in [-0.25, -0.2) is 4.79 Å². The van der Waals surface area contributed by atoms with Crippen molar-refractivity contribution in [3.8, 4) is 5.75 Å². The third kappa shape index (κ3) is 3.05. The normalized spacial score (nSPS) is 12.1. The maximum Gasteiger partial charge on any atom is 0.347 e. The molecule has 0 aromatic heterocycles. The highest BCUT2D eigenvalue weighted by atomic mass is 16.6. The molecule has 19 heavy (non-hydrogen) atoms. The molecule has 2 rings (SSSR count). The van der Waals surface area contributed by atoms with Gasteiger partial charge in [0.05, 0.1) is 6.61 Å². The van der Waals surface area contributed by atoms with Gasteiger partial charge < -0.3 is 9.47 Å². The van der Waals surface area contributed by atoms with E-state index in [-0.39, 0.29) is 5.97 Å². The molecule has 1 unspecified atom stereocenters. The van der Waals surface area contributed by atoms with Gasteiger partial charge in [-0.3, -0.25) is 0 Å². The van der Waals surface area contributed by atoms with Crippen LogP contribution in [0.1, 0.15) is 20.3 Å². The lowest BCUT2D eigenvalue weighted by Gasteiger charge is -2.17. The SMILES string of the molecule is CCOC(=O)C(CC)Oc1cccc2ccccc12. The summed E-state index contributed by atoms with van der Waals surface area (Å²) in [7, 11) is 0. The number of hydrogen-bond acceptors (Lipinski definition) is 3. The molecule has 0 aliphatic heterocycles. The highest BCUT2D eigenvalue weighted by molar-refractivity contribution is 5.88. The van der Waals surface area contributed by atoms with Gasteiger partial charge >= 0.3 is 5.97 Å². The van der Waals surface area contributed by atoms with Crippen molar-refractivity contribution in [2.24, 2.45) is 0 Å². The van der Waals surface area contributed by atoms with E-state index in [1.807, 2.05) is 49.4 Å². The van der Waals surface area contributed by atoms with Gasteiger partial charge in [-0.15, -0.1) is 0 Å². The molecule has 0 N–H and O–H groups in total. The van der Waals surface area contributed by atoms with Crippen LogP contribution in [0.5, 0.6) is 5.75 Å². The third-order valence-corrected chi connectivity index (χ3v) is 2.94. The minimum absolute atomic E-state index is 0.307. The Bertz CT molecular complexity index is 557. The lowest BCUT2D eigenvalue weighted by Crippen LogP contribution is -2.28. The molecule has 0 aliphatic carbocycles. The Kier molecular flexibility index (Phi) is 4.39. The van der Waals surface area contributed by atoms with Gasteiger partial charge in [-0.1, -0.05) is 43.3 Å². The molecular weight excluding hydrogens is 240 g/mol. The summed E-state index contributed by atoms with van der Waals surface area (Å²) >= 11 is 0. The van der Waals surface area contributed by atoms with E-state index in [2.05, 4.69) is 0 Å². The predicted octanol–water partition coefficient (Wildman–Crippen LogP) is 3.56. The van der Waals surface area contributed by atoms with Crippen LogP contribution in [0.3, 0.4) is 0 Å². The quantitative estimate of drug-likeness (QED) is 0.769. The monoisotopic (exact) mass is 258 g/mol. The number of ether oxygens (including phenoxy) is 2. The fourth-order valence-electron chi connectivity index (χ4n) is 1.99. The fraction of sp³-hybridized carbons (Fsp3) is 0.312. The zero-order valence-corrected chi connectivity index (χ0v) is 11.3.